The molecule has 2 aromatic rings. The summed E-state index contributed by atoms with van der Waals surface area (Å²) in [5.74, 6) is 0. The highest BCUT2D eigenvalue weighted by Gasteiger charge is 2.11. The van der Waals surface area contributed by atoms with Crippen LogP contribution in [0.1, 0.15) is 25.1 Å². The highest BCUT2D eigenvalue weighted by atomic mass is 35.5. The Hall–Kier alpha value is -1.32. The van der Waals surface area contributed by atoms with Crippen molar-refractivity contribution in [1.82, 2.24) is 9.88 Å². The van der Waals surface area contributed by atoms with Gasteiger partial charge in [0.15, 0.2) is 0 Å². The molecule has 1 aromatic carbocycles. The molecule has 0 spiro atoms. The summed E-state index contributed by atoms with van der Waals surface area (Å²) in [6.07, 6.45) is 0. The van der Waals surface area contributed by atoms with Crippen molar-refractivity contribution in [3.05, 3.63) is 44.8 Å². The van der Waals surface area contributed by atoms with E-state index in [1.54, 1.807) is 6.07 Å². The summed E-state index contributed by atoms with van der Waals surface area (Å²) in [7, 11) is 0. The maximum atomic E-state index is 12.0. The fourth-order valence-corrected chi connectivity index (χ4v) is 2.53. The van der Waals surface area contributed by atoms with Gasteiger partial charge >= 0.3 is 0 Å². The van der Waals surface area contributed by atoms with Gasteiger partial charge in [-0.2, -0.15) is 0 Å². The molecular weight excluding hydrogens is 260 g/mol. The first-order valence-electron chi connectivity index (χ1n) is 6.60. The van der Waals surface area contributed by atoms with E-state index in [4.69, 9.17) is 11.6 Å². The molecule has 0 amide bonds. The van der Waals surface area contributed by atoms with Gasteiger partial charge in [-0.25, -0.2) is 0 Å². The molecule has 1 heterocycles. The van der Waals surface area contributed by atoms with Gasteiger partial charge < -0.3 is 4.98 Å². The molecular formula is C15H19ClN2O. The molecule has 19 heavy (non-hydrogen) atoms. The maximum Gasteiger partial charge on any atom is 0.256 e. The van der Waals surface area contributed by atoms with Crippen LogP contribution < -0.4 is 5.56 Å². The van der Waals surface area contributed by atoms with E-state index in [2.05, 4.69) is 23.7 Å². The van der Waals surface area contributed by atoms with E-state index in [0.29, 0.717) is 10.4 Å². The number of rotatable bonds is 4. The summed E-state index contributed by atoms with van der Waals surface area (Å²) in [6, 6.07) is 5.52. The Labute approximate surface area is 118 Å². The zero-order valence-corrected chi connectivity index (χ0v) is 12.3. The summed E-state index contributed by atoms with van der Waals surface area (Å²) in [5.41, 5.74) is 2.04. The van der Waals surface area contributed by atoms with Gasteiger partial charge in [-0.15, -0.1) is 0 Å². The number of hydrogen-bond acceptors (Lipinski definition) is 2. The number of aromatic nitrogens is 1. The van der Waals surface area contributed by atoms with Crippen LogP contribution in [0.15, 0.2) is 23.0 Å². The highest BCUT2D eigenvalue weighted by molar-refractivity contribution is 6.31. The van der Waals surface area contributed by atoms with Gasteiger partial charge in [0.25, 0.3) is 5.56 Å². The Morgan fingerprint density at radius 3 is 2.53 bits per heavy atom. The molecule has 0 aliphatic rings. The number of benzene rings is 1. The number of aromatic amines is 1. The third kappa shape index (κ3) is 2.82. The first kappa shape index (κ1) is 14.1. The van der Waals surface area contributed by atoms with E-state index in [1.807, 2.05) is 19.1 Å². The quantitative estimate of drug-likeness (QED) is 0.931. The minimum atomic E-state index is -0.0710. The Morgan fingerprint density at radius 1 is 1.21 bits per heavy atom. The molecule has 0 unspecified atom stereocenters. The van der Waals surface area contributed by atoms with Crippen LogP contribution in [-0.2, 0) is 6.54 Å². The number of hydrogen-bond donors (Lipinski definition) is 1. The van der Waals surface area contributed by atoms with Gasteiger partial charge in [0.2, 0.25) is 0 Å². The minimum Gasteiger partial charge on any atom is -0.326 e. The number of fused-ring (bicyclic) bond motifs is 1. The Bertz CT molecular complexity index is 644. The van der Waals surface area contributed by atoms with Crippen LogP contribution in [0.4, 0.5) is 0 Å². The Balaban J connectivity index is 2.63. The summed E-state index contributed by atoms with van der Waals surface area (Å²) in [5, 5.41) is 2.26. The van der Waals surface area contributed by atoms with Crippen molar-refractivity contribution < 1.29 is 0 Å². The largest absolute Gasteiger partial charge is 0.326 e. The molecule has 0 fully saturated rings. The average Bonchev–Trinajstić information content (AvgIpc) is 2.39. The Kier molecular flexibility index (Phi) is 4.27. The van der Waals surface area contributed by atoms with E-state index >= 15 is 0 Å². The standard InChI is InChI=1S/C15H19ClN2O/c1-4-18(5-2)9-14-10(3)17-15(19)13-8-11(16)6-7-12(13)14/h6-8H,4-5,9H2,1-3H3,(H,17,19). The number of nitrogens with zero attached hydrogens (tertiary/aromatic N) is 1. The van der Waals surface area contributed by atoms with E-state index in [0.717, 1.165) is 30.7 Å². The monoisotopic (exact) mass is 278 g/mol. The lowest BCUT2D eigenvalue weighted by Crippen LogP contribution is -2.24. The predicted molar refractivity (Wildman–Crippen MR) is 80.9 cm³/mol. The molecule has 0 aliphatic heterocycles. The summed E-state index contributed by atoms with van der Waals surface area (Å²) >= 11 is 5.98. The van der Waals surface area contributed by atoms with E-state index in [9.17, 15) is 4.79 Å². The number of halogens is 1. The molecule has 0 bridgehead atoms. The van der Waals surface area contributed by atoms with Gasteiger partial charge in [-0.3, -0.25) is 9.69 Å². The predicted octanol–water partition coefficient (Wildman–Crippen LogP) is 3.33. The lowest BCUT2D eigenvalue weighted by Gasteiger charge is -2.20. The van der Waals surface area contributed by atoms with Gasteiger partial charge in [-0.1, -0.05) is 31.5 Å². The number of aryl methyl sites for hydroxylation is 1. The molecule has 0 aliphatic carbocycles. The van der Waals surface area contributed by atoms with Crippen LogP contribution in [0.25, 0.3) is 10.8 Å². The molecule has 2 rings (SSSR count). The summed E-state index contributed by atoms with van der Waals surface area (Å²) in [6.45, 7) is 9.06. The zero-order valence-electron chi connectivity index (χ0n) is 11.6. The van der Waals surface area contributed by atoms with Crippen LogP contribution in [0, 0.1) is 6.92 Å². The van der Waals surface area contributed by atoms with Crippen molar-refractivity contribution in [2.75, 3.05) is 13.1 Å². The lowest BCUT2D eigenvalue weighted by atomic mass is 10.0. The molecule has 0 saturated heterocycles. The number of pyridine rings is 1. The smallest absolute Gasteiger partial charge is 0.256 e. The van der Waals surface area contributed by atoms with Crippen LogP contribution in [0.3, 0.4) is 0 Å². The van der Waals surface area contributed by atoms with E-state index in [-0.39, 0.29) is 5.56 Å². The lowest BCUT2D eigenvalue weighted by molar-refractivity contribution is 0.296. The van der Waals surface area contributed by atoms with Crippen LogP contribution >= 0.6 is 11.6 Å². The fourth-order valence-electron chi connectivity index (χ4n) is 2.36. The van der Waals surface area contributed by atoms with Crippen LogP contribution in [0.2, 0.25) is 5.02 Å². The molecule has 3 nitrogen and oxygen atoms in total. The highest BCUT2D eigenvalue weighted by Crippen LogP contribution is 2.22. The van der Waals surface area contributed by atoms with Crippen molar-refractivity contribution >= 4 is 22.4 Å². The molecule has 1 N–H and O–H groups in total. The second kappa shape index (κ2) is 5.76. The normalized spacial score (nSPS) is 11.4. The van der Waals surface area contributed by atoms with Crippen molar-refractivity contribution in [1.29, 1.82) is 0 Å². The first-order chi connectivity index (χ1) is 9.06. The summed E-state index contributed by atoms with van der Waals surface area (Å²) in [4.78, 5) is 17.3. The van der Waals surface area contributed by atoms with Gasteiger partial charge in [0.1, 0.15) is 0 Å². The molecule has 1 aromatic heterocycles. The topological polar surface area (TPSA) is 36.1 Å². The average molecular weight is 279 g/mol. The molecule has 102 valence electrons. The minimum absolute atomic E-state index is 0.0710. The van der Waals surface area contributed by atoms with Crippen LogP contribution in [0.5, 0.6) is 0 Å². The zero-order chi connectivity index (χ0) is 14.0. The van der Waals surface area contributed by atoms with Crippen molar-refractivity contribution in [3.8, 4) is 0 Å². The SMILES string of the molecule is CCN(CC)Cc1c(C)[nH]c(=O)c2cc(Cl)ccc12. The second-order valence-corrected chi connectivity index (χ2v) is 5.15. The van der Waals surface area contributed by atoms with Gasteiger partial charge in [0.05, 0.1) is 0 Å². The Morgan fingerprint density at radius 2 is 1.89 bits per heavy atom. The summed E-state index contributed by atoms with van der Waals surface area (Å²) < 4.78 is 0. The van der Waals surface area contributed by atoms with Crippen LogP contribution in [-0.4, -0.2) is 23.0 Å². The second-order valence-electron chi connectivity index (χ2n) is 4.71. The molecule has 4 heteroatoms. The third-order valence-corrected chi connectivity index (χ3v) is 3.82. The number of nitrogens with one attached hydrogen (secondary N) is 1. The van der Waals surface area contributed by atoms with Crippen molar-refractivity contribution in [2.45, 2.75) is 27.3 Å². The van der Waals surface area contributed by atoms with Gasteiger partial charge in [0, 0.05) is 22.6 Å². The fraction of sp³-hybridized carbons (Fsp3) is 0.400. The maximum absolute atomic E-state index is 12.0. The van der Waals surface area contributed by atoms with Gasteiger partial charge in [-0.05, 0) is 43.1 Å². The van der Waals surface area contributed by atoms with E-state index in [1.165, 1.54) is 5.56 Å². The molecule has 0 saturated carbocycles. The first-order valence-corrected chi connectivity index (χ1v) is 6.98. The van der Waals surface area contributed by atoms with Crippen molar-refractivity contribution in [3.63, 3.8) is 0 Å². The third-order valence-electron chi connectivity index (χ3n) is 3.58. The van der Waals surface area contributed by atoms with Crippen molar-refractivity contribution in [2.24, 2.45) is 0 Å². The molecule has 0 radical (unpaired) electrons. The van der Waals surface area contributed by atoms with E-state index < -0.39 is 0 Å². The molecule has 0 atom stereocenters. The number of H-pyrrole nitrogens is 1.